The van der Waals surface area contributed by atoms with E-state index in [0.717, 1.165) is 6.42 Å². The van der Waals surface area contributed by atoms with Crippen molar-refractivity contribution in [3.05, 3.63) is 41.7 Å². The van der Waals surface area contributed by atoms with Crippen molar-refractivity contribution >= 4 is 21.8 Å². The summed E-state index contributed by atoms with van der Waals surface area (Å²) in [6.45, 7) is 4.73. The minimum absolute atomic E-state index is 0.420. The Morgan fingerprint density at radius 3 is 2.89 bits per heavy atom. The van der Waals surface area contributed by atoms with Crippen molar-refractivity contribution in [2.75, 3.05) is 0 Å². The highest BCUT2D eigenvalue weighted by Crippen LogP contribution is 2.37. The number of aryl methyl sites for hydroxylation is 1. The molecule has 2 N–H and O–H groups in total. The summed E-state index contributed by atoms with van der Waals surface area (Å²) >= 11 is 0. The van der Waals surface area contributed by atoms with Gasteiger partial charge in [-0.15, -0.1) is 0 Å². The molecule has 0 amide bonds. The minimum atomic E-state index is 0.420. The second-order valence-corrected chi connectivity index (χ2v) is 6.55. The van der Waals surface area contributed by atoms with E-state index in [1.165, 1.54) is 45.9 Å². The van der Waals surface area contributed by atoms with Crippen molar-refractivity contribution in [2.24, 2.45) is 5.41 Å². The lowest BCUT2D eigenvalue weighted by atomic mass is 9.75. The average Bonchev–Trinajstić information content (AvgIpc) is 2.76. The Hall–Kier alpha value is -1.83. The monoisotopic (exact) mass is 251 g/mol. The van der Waals surface area contributed by atoms with Crippen LogP contribution in [0.3, 0.4) is 0 Å². The molecule has 0 saturated carbocycles. The number of hydrogen-bond donors (Lipinski definition) is 1. The third-order valence-corrected chi connectivity index (χ3v) is 4.50. The van der Waals surface area contributed by atoms with Gasteiger partial charge in [0.05, 0.1) is 0 Å². The maximum atomic E-state index is 3.52. The summed E-state index contributed by atoms with van der Waals surface area (Å²) in [5.41, 5.74) is 5.84. The molecule has 0 bridgehead atoms. The first-order valence-corrected chi connectivity index (χ1v) is 7.07. The van der Waals surface area contributed by atoms with Crippen LogP contribution in [0.15, 0.2) is 30.5 Å². The van der Waals surface area contributed by atoms with Crippen LogP contribution in [0.1, 0.15) is 31.5 Å². The predicted octanol–water partition coefficient (Wildman–Crippen LogP) is 3.65. The Bertz CT molecular complexity index is 780. The second kappa shape index (κ2) is 3.60. The van der Waals surface area contributed by atoms with Gasteiger partial charge in [0, 0.05) is 28.3 Å². The van der Waals surface area contributed by atoms with E-state index >= 15 is 0 Å². The van der Waals surface area contributed by atoms with E-state index in [1.54, 1.807) is 0 Å². The molecule has 19 heavy (non-hydrogen) atoms. The Morgan fingerprint density at radius 2 is 2.00 bits per heavy atom. The molecule has 2 nitrogen and oxygen atoms in total. The maximum absolute atomic E-state index is 3.52. The highest BCUT2D eigenvalue weighted by atomic mass is 14.8. The lowest BCUT2D eigenvalue weighted by Gasteiger charge is -2.28. The molecule has 4 rings (SSSR count). The number of aromatic amines is 2. The van der Waals surface area contributed by atoms with Gasteiger partial charge in [-0.1, -0.05) is 32.0 Å². The number of H-pyrrole nitrogens is 2. The molecule has 0 fully saturated rings. The zero-order chi connectivity index (χ0) is 13.0. The van der Waals surface area contributed by atoms with Crippen LogP contribution in [0, 0.1) is 5.41 Å². The van der Waals surface area contributed by atoms with E-state index in [1.807, 2.05) is 0 Å². The first-order valence-electron chi connectivity index (χ1n) is 7.07. The quantitative estimate of drug-likeness (QED) is 0.632. The first kappa shape index (κ1) is 11.0. The molecule has 0 unspecified atom stereocenters. The van der Waals surface area contributed by atoms with Gasteiger partial charge in [0.2, 0.25) is 0 Å². The maximum Gasteiger partial charge on any atom is 0.191 e. The highest BCUT2D eigenvalue weighted by Gasteiger charge is 2.31. The fourth-order valence-electron chi connectivity index (χ4n) is 3.46. The summed E-state index contributed by atoms with van der Waals surface area (Å²) in [5, 5.41) is 2.79. The van der Waals surface area contributed by atoms with Crippen LogP contribution in [0.5, 0.6) is 0 Å². The summed E-state index contributed by atoms with van der Waals surface area (Å²) in [4.78, 5) is 7.03. The van der Waals surface area contributed by atoms with Gasteiger partial charge in [-0.2, -0.15) is 0 Å². The van der Waals surface area contributed by atoms with Crippen molar-refractivity contribution < 1.29 is 4.98 Å². The van der Waals surface area contributed by atoms with Crippen LogP contribution in [-0.4, -0.2) is 4.98 Å². The van der Waals surface area contributed by atoms with Crippen LogP contribution in [0.25, 0.3) is 21.8 Å². The molecule has 2 heteroatoms. The lowest BCUT2D eigenvalue weighted by Crippen LogP contribution is -2.28. The standard InChI is InChI=1S/C17H18N2/c1-17(2)8-7-12-14(9-17)18-10-15-16(12)11-5-3-4-6-13(11)19-15/h3-6,10,19H,7-9H2,1-2H3/p+1. The third kappa shape index (κ3) is 1.59. The van der Waals surface area contributed by atoms with Crippen LogP contribution < -0.4 is 4.98 Å². The number of para-hydroxylation sites is 1. The number of aromatic nitrogens is 2. The summed E-state index contributed by atoms with van der Waals surface area (Å²) in [6.07, 6.45) is 5.73. The molecule has 2 aromatic heterocycles. The largest absolute Gasteiger partial charge is 0.350 e. The van der Waals surface area contributed by atoms with Gasteiger partial charge < -0.3 is 4.98 Å². The summed E-state index contributed by atoms with van der Waals surface area (Å²) < 4.78 is 0. The molecule has 3 aromatic rings. The normalized spacial score (nSPS) is 17.8. The molecule has 0 atom stereocenters. The molecule has 2 heterocycles. The average molecular weight is 251 g/mol. The predicted molar refractivity (Wildman–Crippen MR) is 78.2 cm³/mol. The molecule has 0 aliphatic heterocycles. The Kier molecular flexibility index (Phi) is 2.09. The van der Waals surface area contributed by atoms with Crippen molar-refractivity contribution in [3.8, 4) is 0 Å². The third-order valence-electron chi connectivity index (χ3n) is 4.50. The SMILES string of the molecule is CC1(C)CCc2c([nH+]cc3[nH]c4ccccc4c23)C1. The molecule has 1 aliphatic rings. The zero-order valence-corrected chi connectivity index (χ0v) is 11.5. The molecule has 0 spiro atoms. The lowest BCUT2D eigenvalue weighted by molar-refractivity contribution is -0.391. The zero-order valence-electron chi connectivity index (χ0n) is 11.5. The fraction of sp³-hybridized carbons (Fsp3) is 0.353. The van der Waals surface area contributed by atoms with E-state index in [9.17, 15) is 0 Å². The smallest absolute Gasteiger partial charge is 0.191 e. The van der Waals surface area contributed by atoms with E-state index in [-0.39, 0.29) is 0 Å². The number of pyridine rings is 1. The number of fused-ring (bicyclic) bond motifs is 5. The number of nitrogens with one attached hydrogen (secondary N) is 2. The topological polar surface area (TPSA) is 29.9 Å². The van der Waals surface area contributed by atoms with Gasteiger partial charge in [-0.25, -0.2) is 4.98 Å². The van der Waals surface area contributed by atoms with Gasteiger partial charge in [0.15, 0.2) is 11.9 Å². The molecule has 0 saturated heterocycles. The van der Waals surface area contributed by atoms with Crippen molar-refractivity contribution in [1.82, 2.24) is 4.98 Å². The first-order chi connectivity index (χ1) is 9.14. The Balaban J connectivity index is 2.07. The van der Waals surface area contributed by atoms with Crippen LogP contribution in [0.2, 0.25) is 0 Å². The van der Waals surface area contributed by atoms with Crippen LogP contribution in [0.4, 0.5) is 0 Å². The van der Waals surface area contributed by atoms with E-state index in [2.05, 4.69) is 54.3 Å². The summed E-state index contributed by atoms with van der Waals surface area (Å²) in [6, 6.07) is 8.62. The van der Waals surface area contributed by atoms with Gasteiger partial charge in [-0.3, -0.25) is 0 Å². The summed E-state index contributed by atoms with van der Waals surface area (Å²) in [7, 11) is 0. The van der Waals surface area contributed by atoms with Gasteiger partial charge >= 0.3 is 0 Å². The highest BCUT2D eigenvalue weighted by molar-refractivity contribution is 6.08. The minimum Gasteiger partial charge on any atom is -0.350 e. The number of hydrogen-bond acceptors (Lipinski definition) is 0. The fourth-order valence-corrected chi connectivity index (χ4v) is 3.46. The van der Waals surface area contributed by atoms with Crippen molar-refractivity contribution in [1.29, 1.82) is 0 Å². The van der Waals surface area contributed by atoms with Gasteiger partial charge in [0.25, 0.3) is 0 Å². The number of benzene rings is 1. The van der Waals surface area contributed by atoms with Crippen LogP contribution >= 0.6 is 0 Å². The molecular weight excluding hydrogens is 232 g/mol. The van der Waals surface area contributed by atoms with Crippen molar-refractivity contribution in [3.63, 3.8) is 0 Å². The van der Waals surface area contributed by atoms with Crippen LogP contribution in [-0.2, 0) is 12.8 Å². The molecule has 1 aromatic carbocycles. The Morgan fingerprint density at radius 1 is 1.16 bits per heavy atom. The number of rotatable bonds is 0. The van der Waals surface area contributed by atoms with E-state index < -0.39 is 0 Å². The van der Waals surface area contributed by atoms with Gasteiger partial charge in [-0.05, 0) is 24.3 Å². The van der Waals surface area contributed by atoms with E-state index in [0.29, 0.717) is 5.41 Å². The molecule has 0 radical (unpaired) electrons. The molecule has 96 valence electrons. The Labute approximate surface area is 112 Å². The van der Waals surface area contributed by atoms with E-state index in [4.69, 9.17) is 0 Å². The molecule has 1 aliphatic carbocycles. The van der Waals surface area contributed by atoms with Crippen molar-refractivity contribution in [2.45, 2.75) is 33.1 Å². The summed E-state index contributed by atoms with van der Waals surface area (Å²) in [5.74, 6) is 0. The van der Waals surface area contributed by atoms with Gasteiger partial charge in [0.1, 0.15) is 5.52 Å². The molecular formula is C17H19N2+. The second-order valence-electron chi connectivity index (χ2n) is 6.55.